The van der Waals surface area contributed by atoms with Crippen LogP contribution in [0.2, 0.25) is 0 Å². The van der Waals surface area contributed by atoms with Crippen LogP contribution in [0.5, 0.6) is 0 Å². The van der Waals surface area contributed by atoms with Crippen LogP contribution in [0.1, 0.15) is 38.5 Å². The Morgan fingerprint density at radius 3 is 2.65 bits per heavy atom. The Kier molecular flexibility index (Phi) is 5.64. The van der Waals surface area contributed by atoms with Crippen LogP contribution in [0.4, 0.5) is 4.79 Å². The largest absolute Gasteiger partial charge is 0.481 e. The van der Waals surface area contributed by atoms with Gasteiger partial charge >= 0.3 is 12.0 Å². The molecule has 0 spiro atoms. The Labute approximate surface area is 119 Å². The molecule has 2 amide bonds. The van der Waals surface area contributed by atoms with Crippen LogP contribution in [0.3, 0.4) is 0 Å². The van der Waals surface area contributed by atoms with Crippen LogP contribution in [-0.4, -0.2) is 42.9 Å². The summed E-state index contributed by atoms with van der Waals surface area (Å²) in [6, 6.07) is -0.217. The highest BCUT2D eigenvalue weighted by atomic mass is 16.5. The van der Waals surface area contributed by atoms with Crippen LogP contribution in [0.15, 0.2) is 0 Å². The minimum atomic E-state index is -0.762. The number of aliphatic carboxylic acids is 1. The molecule has 0 saturated heterocycles. The molecule has 6 nitrogen and oxygen atoms in total. The van der Waals surface area contributed by atoms with Gasteiger partial charge in [-0.1, -0.05) is 0 Å². The third-order valence-electron chi connectivity index (χ3n) is 3.92. The third-order valence-corrected chi connectivity index (χ3v) is 3.92. The summed E-state index contributed by atoms with van der Waals surface area (Å²) in [5.41, 5.74) is 0. The van der Waals surface area contributed by atoms with E-state index in [-0.39, 0.29) is 18.0 Å². The molecule has 2 aliphatic rings. The summed E-state index contributed by atoms with van der Waals surface area (Å²) in [5.74, 6) is -0.297. The molecule has 20 heavy (non-hydrogen) atoms. The quantitative estimate of drug-likeness (QED) is 0.587. The molecule has 0 bridgehead atoms. The first-order valence-corrected chi connectivity index (χ1v) is 7.50. The second kappa shape index (κ2) is 7.47. The summed E-state index contributed by atoms with van der Waals surface area (Å²) in [6.07, 6.45) is 5.32. The van der Waals surface area contributed by atoms with E-state index < -0.39 is 5.97 Å². The van der Waals surface area contributed by atoms with Gasteiger partial charge in [0.2, 0.25) is 0 Å². The fourth-order valence-electron chi connectivity index (χ4n) is 2.48. The van der Waals surface area contributed by atoms with Crippen molar-refractivity contribution >= 4 is 12.0 Å². The fourth-order valence-corrected chi connectivity index (χ4v) is 2.48. The Morgan fingerprint density at radius 2 is 2.00 bits per heavy atom. The van der Waals surface area contributed by atoms with Crippen molar-refractivity contribution in [3.05, 3.63) is 0 Å². The van der Waals surface area contributed by atoms with Gasteiger partial charge < -0.3 is 20.5 Å². The van der Waals surface area contributed by atoms with E-state index in [0.717, 1.165) is 25.4 Å². The van der Waals surface area contributed by atoms with Crippen molar-refractivity contribution in [2.45, 2.75) is 44.6 Å². The first-order valence-electron chi connectivity index (χ1n) is 7.50. The van der Waals surface area contributed by atoms with Crippen molar-refractivity contribution < 1.29 is 19.4 Å². The standard InChI is InChI=1S/C14H24N2O4/c17-13(18)11-4-5-12(8-11)16-14(19)15-6-1-7-20-9-10-2-3-10/h10-12H,1-9H2,(H,17,18)(H2,15,16,19)/t11-,12+/m1/s1. The summed E-state index contributed by atoms with van der Waals surface area (Å²) in [7, 11) is 0. The van der Waals surface area contributed by atoms with Crippen molar-refractivity contribution in [1.29, 1.82) is 0 Å². The Balaban J connectivity index is 1.46. The Morgan fingerprint density at radius 1 is 1.20 bits per heavy atom. The molecule has 0 aromatic rings. The lowest BCUT2D eigenvalue weighted by atomic mass is 10.1. The molecular weight excluding hydrogens is 260 g/mol. The van der Waals surface area contributed by atoms with E-state index in [1.807, 2.05) is 0 Å². The third kappa shape index (κ3) is 5.36. The Hall–Kier alpha value is -1.30. The number of amides is 2. The van der Waals surface area contributed by atoms with Gasteiger partial charge in [-0.2, -0.15) is 0 Å². The predicted octanol–water partition coefficient (Wildman–Crippen LogP) is 1.36. The van der Waals surface area contributed by atoms with Crippen molar-refractivity contribution in [2.75, 3.05) is 19.8 Å². The number of carbonyl (C=O) groups excluding carboxylic acids is 1. The van der Waals surface area contributed by atoms with Crippen LogP contribution < -0.4 is 10.6 Å². The van der Waals surface area contributed by atoms with E-state index in [2.05, 4.69) is 10.6 Å². The van der Waals surface area contributed by atoms with E-state index in [4.69, 9.17) is 9.84 Å². The average Bonchev–Trinajstić information content (AvgIpc) is 3.11. The van der Waals surface area contributed by atoms with Gasteiger partial charge in [0.25, 0.3) is 0 Å². The average molecular weight is 284 g/mol. The van der Waals surface area contributed by atoms with Gasteiger partial charge in [0.1, 0.15) is 0 Å². The molecule has 2 fully saturated rings. The molecule has 3 N–H and O–H groups in total. The van der Waals surface area contributed by atoms with Gasteiger partial charge in [0, 0.05) is 25.8 Å². The summed E-state index contributed by atoms with van der Waals surface area (Å²) in [4.78, 5) is 22.4. The van der Waals surface area contributed by atoms with Gasteiger partial charge in [0.15, 0.2) is 0 Å². The van der Waals surface area contributed by atoms with E-state index >= 15 is 0 Å². The maximum absolute atomic E-state index is 11.6. The summed E-state index contributed by atoms with van der Waals surface area (Å²) in [5, 5.41) is 14.5. The highest BCUT2D eigenvalue weighted by molar-refractivity contribution is 5.75. The highest BCUT2D eigenvalue weighted by Crippen LogP contribution is 2.28. The number of carboxylic acid groups (broad SMARTS) is 1. The SMILES string of the molecule is O=C(NCCCOCC1CC1)N[C@H]1CC[C@@H](C(=O)O)C1. The first kappa shape index (κ1) is 15.1. The van der Waals surface area contributed by atoms with E-state index in [9.17, 15) is 9.59 Å². The maximum atomic E-state index is 11.6. The number of rotatable bonds is 8. The highest BCUT2D eigenvalue weighted by Gasteiger charge is 2.30. The molecule has 2 aliphatic carbocycles. The number of carbonyl (C=O) groups is 2. The van der Waals surface area contributed by atoms with Gasteiger partial charge in [0.05, 0.1) is 5.92 Å². The molecule has 6 heteroatoms. The smallest absolute Gasteiger partial charge is 0.315 e. The fraction of sp³-hybridized carbons (Fsp3) is 0.857. The molecule has 2 rings (SSSR count). The van der Waals surface area contributed by atoms with E-state index in [1.54, 1.807) is 0 Å². The molecule has 0 unspecified atom stereocenters. The van der Waals surface area contributed by atoms with Gasteiger partial charge in [-0.15, -0.1) is 0 Å². The summed E-state index contributed by atoms with van der Waals surface area (Å²) in [6.45, 7) is 2.12. The molecule has 0 radical (unpaired) electrons. The maximum Gasteiger partial charge on any atom is 0.315 e. The normalized spacial score (nSPS) is 25.4. The summed E-state index contributed by atoms with van der Waals surface area (Å²) >= 11 is 0. The zero-order valence-electron chi connectivity index (χ0n) is 11.8. The lowest BCUT2D eigenvalue weighted by molar-refractivity contribution is -0.141. The van der Waals surface area contributed by atoms with Crippen molar-refractivity contribution in [2.24, 2.45) is 11.8 Å². The number of ether oxygens (including phenoxy) is 1. The molecule has 2 atom stereocenters. The zero-order chi connectivity index (χ0) is 14.4. The number of urea groups is 1. The number of hydrogen-bond donors (Lipinski definition) is 3. The molecule has 114 valence electrons. The minimum Gasteiger partial charge on any atom is -0.481 e. The van der Waals surface area contributed by atoms with Crippen LogP contribution in [0.25, 0.3) is 0 Å². The predicted molar refractivity (Wildman–Crippen MR) is 73.5 cm³/mol. The minimum absolute atomic E-state index is 0.0118. The van der Waals surface area contributed by atoms with Crippen molar-refractivity contribution in [3.8, 4) is 0 Å². The molecule has 0 aromatic heterocycles. The topological polar surface area (TPSA) is 87.7 Å². The monoisotopic (exact) mass is 284 g/mol. The van der Waals surface area contributed by atoms with Crippen molar-refractivity contribution in [1.82, 2.24) is 10.6 Å². The Bertz CT molecular complexity index is 344. The van der Waals surface area contributed by atoms with E-state index in [0.29, 0.717) is 26.0 Å². The second-order valence-corrected chi connectivity index (χ2v) is 5.82. The lowest BCUT2D eigenvalue weighted by Crippen LogP contribution is -2.41. The molecule has 2 saturated carbocycles. The number of carboxylic acids is 1. The molecule has 0 heterocycles. The van der Waals surface area contributed by atoms with Crippen LogP contribution in [-0.2, 0) is 9.53 Å². The van der Waals surface area contributed by atoms with Gasteiger partial charge in [-0.05, 0) is 44.4 Å². The van der Waals surface area contributed by atoms with Crippen molar-refractivity contribution in [3.63, 3.8) is 0 Å². The number of hydrogen-bond acceptors (Lipinski definition) is 3. The molecule has 0 aliphatic heterocycles. The molecular formula is C14H24N2O4. The van der Waals surface area contributed by atoms with Gasteiger partial charge in [-0.25, -0.2) is 4.79 Å². The van der Waals surface area contributed by atoms with Crippen LogP contribution >= 0.6 is 0 Å². The molecule has 0 aromatic carbocycles. The second-order valence-electron chi connectivity index (χ2n) is 5.82. The first-order chi connectivity index (χ1) is 9.65. The van der Waals surface area contributed by atoms with E-state index in [1.165, 1.54) is 12.8 Å². The zero-order valence-corrected chi connectivity index (χ0v) is 11.8. The van der Waals surface area contributed by atoms with Gasteiger partial charge in [-0.3, -0.25) is 4.79 Å². The number of nitrogens with one attached hydrogen (secondary N) is 2. The lowest BCUT2D eigenvalue weighted by Gasteiger charge is -2.13. The summed E-state index contributed by atoms with van der Waals surface area (Å²) < 4.78 is 5.48. The van der Waals surface area contributed by atoms with Crippen LogP contribution in [0, 0.1) is 11.8 Å².